The van der Waals surface area contributed by atoms with E-state index in [2.05, 4.69) is 4.98 Å². The third-order valence-corrected chi connectivity index (χ3v) is 1.80. The Bertz CT molecular complexity index is 396. The number of rotatable bonds is 2. The molecule has 3 nitrogen and oxygen atoms in total. The van der Waals surface area contributed by atoms with E-state index in [0.717, 1.165) is 5.56 Å². The van der Waals surface area contributed by atoms with Crippen LogP contribution in [-0.4, -0.2) is 16.6 Å². The van der Waals surface area contributed by atoms with Crippen LogP contribution in [0, 0.1) is 12.9 Å². The van der Waals surface area contributed by atoms with Crippen molar-refractivity contribution in [3.8, 4) is 0 Å². The van der Waals surface area contributed by atoms with Crippen LogP contribution in [0.1, 0.15) is 31.9 Å². The lowest BCUT2D eigenvalue weighted by Gasteiger charge is -2.19. The first-order chi connectivity index (χ1) is 7.28. The van der Waals surface area contributed by atoms with E-state index in [1.807, 2.05) is 0 Å². The molecule has 0 amide bonds. The minimum Gasteiger partial charge on any atom is -0.460 e. The molecule has 0 bridgehead atoms. The van der Waals surface area contributed by atoms with E-state index in [9.17, 15) is 9.18 Å². The molecule has 1 aromatic rings. The fourth-order valence-corrected chi connectivity index (χ4v) is 1.27. The van der Waals surface area contributed by atoms with Gasteiger partial charge in [-0.15, -0.1) is 0 Å². The Kier molecular flexibility index (Phi) is 3.62. The quantitative estimate of drug-likeness (QED) is 0.573. The Hall–Kier alpha value is -1.45. The van der Waals surface area contributed by atoms with Crippen LogP contribution in [-0.2, 0) is 16.0 Å². The van der Waals surface area contributed by atoms with Crippen molar-refractivity contribution in [3.63, 3.8) is 0 Å². The second-order valence-corrected chi connectivity index (χ2v) is 4.73. The lowest BCUT2D eigenvalue weighted by Crippen LogP contribution is -2.25. The first kappa shape index (κ1) is 12.6. The summed E-state index contributed by atoms with van der Waals surface area (Å²) in [6.45, 7) is 7.12. The Balaban J connectivity index is 2.73. The molecule has 16 heavy (non-hydrogen) atoms. The van der Waals surface area contributed by atoms with Gasteiger partial charge in [-0.2, -0.15) is 4.39 Å². The summed E-state index contributed by atoms with van der Waals surface area (Å²) in [5.74, 6) is -1.06. The van der Waals surface area contributed by atoms with Gasteiger partial charge in [0.05, 0.1) is 6.42 Å². The van der Waals surface area contributed by atoms with Gasteiger partial charge in [0.1, 0.15) is 5.60 Å². The van der Waals surface area contributed by atoms with Crippen LogP contribution in [0.25, 0.3) is 0 Å². The van der Waals surface area contributed by atoms with Gasteiger partial charge in [-0.25, -0.2) is 4.98 Å². The minimum absolute atomic E-state index is 0.0855. The summed E-state index contributed by atoms with van der Waals surface area (Å²) in [5.41, 5.74) is 0.541. The van der Waals surface area contributed by atoms with Crippen molar-refractivity contribution in [2.75, 3.05) is 0 Å². The van der Waals surface area contributed by atoms with Gasteiger partial charge in [0, 0.05) is 11.8 Å². The van der Waals surface area contributed by atoms with Crippen molar-refractivity contribution >= 4 is 5.97 Å². The van der Waals surface area contributed by atoms with Crippen LogP contribution in [0.15, 0.2) is 12.3 Å². The predicted molar refractivity (Wildman–Crippen MR) is 58.5 cm³/mol. The molecule has 0 saturated carbocycles. The second-order valence-electron chi connectivity index (χ2n) is 4.73. The van der Waals surface area contributed by atoms with Gasteiger partial charge in [-0.1, -0.05) is 0 Å². The Morgan fingerprint density at radius 1 is 1.50 bits per heavy atom. The van der Waals surface area contributed by atoms with E-state index in [0.29, 0.717) is 0 Å². The van der Waals surface area contributed by atoms with Crippen LogP contribution in [0.2, 0.25) is 0 Å². The number of aryl methyl sites for hydroxylation is 1. The molecule has 0 radical (unpaired) electrons. The molecule has 1 heterocycles. The highest BCUT2D eigenvalue weighted by Crippen LogP contribution is 2.12. The van der Waals surface area contributed by atoms with E-state index in [1.165, 1.54) is 6.20 Å². The first-order valence-corrected chi connectivity index (χ1v) is 5.11. The number of carbonyl (C=O) groups is 1. The molecule has 0 N–H and O–H groups in total. The van der Waals surface area contributed by atoms with Crippen LogP contribution in [0.3, 0.4) is 0 Å². The SMILES string of the molecule is Cc1cnc(F)c(CC(=O)OC(C)(C)C)c1. The molecule has 0 unspecified atom stereocenters. The van der Waals surface area contributed by atoms with Gasteiger partial charge in [0.25, 0.3) is 0 Å². The number of halogens is 1. The van der Waals surface area contributed by atoms with Crippen molar-refractivity contribution in [3.05, 3.63) is 29.3 Å². The number of esters is 1. The average molecular weight is 225 g/mol. The first-order valence-electron chi connectivity index (χ1n) is 5.11. The maximum absolute atomic E-state index is 13.2. The number of carbonyl (C=O) groups excluding carboxylic acids is 1. The summed E-state index contributed by atoms with van der Waals surface area (Å²) in [5, 5.41) is 0. The highest BCUT2D eigenvalue weighted by Gasteiger charge is 2.18. The summed E-state index contributed by atoms with van der Waals surface area (Å²) >= 11 is 0. The smallest absolute Gasteiger partial charge is 0.310 e. The molecular weight excluding hydrogens is 209 g/mol. The topological polar surface area (TPSA) is 39.2 Å². The summed E-state index contributed by atoms with van der Waals surface area (Å²) < 4.78 is 18.3. The Morgan fingerprint density at radius 2 is 2.12 bits per heavy atom. The normalized spacial score (nSPS) is 11.3. The molecule has 0 aliphatic heterocycles. The highest BCUT2D eigenvalue weighted by atomic mass is 19.1. The van der Waals surface area contributed by atoms with Gasteiger partial charge in [-0.3, -0.25) is 4.79 Å². The molecule has 1 rings (SSSR count). The molecule has 0 atom stereocenters. The summed E-state index contributed by atoms with van der Waals surface area (Å²) in [7, 11) is 0. The number of pyridine rings is 1. The zero-order chi connectivity index (χ0) is 12.3. The molecule has 88 valence electrons. The van der Waals surface area contributed by atoms with Gasteiger partial charge in [0.15, 0.2) is 0 Å². The lowest BCUT2D eigenvalue weighted by molar-refractivity contribution is -0.154. The van der Waals surface area contributed by atoms with E-state index in [1.54, 1.807) is 33.8 Å². The third kappa shape index (κ3) is 3.96. The summed E-state index contributed by atoms with van der Waals surface area (Å²) in [4.78, 5) is 15.0. The molecule has 0 fully saturated rings. The minimum atomic E-state index is -0.614. The summed E-state index contributed by atoms with van der Waals surface area (Å²) in [6, 6.07) is 1.60. The third-order valence-electron chi connectivity index (χ3n) is 1.80. The molecule has 0 saturated heterocycles. The number of nitrogens with zero attached hydrogens (tertiary/aromatic N) is 1. The zero-order valence-electron chi connectivity index (χ0n) is 10.0. The summed E-state index contributed by atoms with van der Waals surface area (Å²) in [6.07, 6.45) is 1.34. The molecule has 4 heteroatoms. The number of ether oxygens (including phenoxy) is 1. The number of hydrogen-bond donors (Lipinski definition) is 0. The van der Waals surface area contributed by atoms with E-state index < -0.39 is 17.5 Å². The Labute approximate surface area is 94.6 Å². The van der Waals surface area contributed by atoms with Gasteiger partial charge < -0.3 is 4.74 Å². The standard InChI is InChI=1S/C12H16FNO2/c1-8-5-9(11(13)14-7-8)6-10(15)16-12(2,3)4/h5,7H,6H2,1-4H3. The van der Waals surface area contributed by atoms with Gasteiger partial charge in [-0.05, 0) is 39.3 Å². The van der Waals surface area contributed by atoms with Crippen molar-refractivity contribution in [2.45, 2.75) is 39.7 Å². The van der Waals surface area contributed by atoms with Crippen LogP contribution >= 0.6 is 0 Å². The fourth-order valence-electron chi connectivity index (χ4n) is 1.27. The molecular formula is C12H16FNO2. The van der Waals surface area contributed by atoms with Crippen molar-refractivity contribution in [2.24, 2.45) is 0 Å². The van der Waals surface area contributed by atoms with Crippen LogP contribution in [0.4, 0.5) is 4.39 Å². The van der Waals surface area contributed by atoms with Crippen molar-refractivity contribution in [1.29, 1.82) is 0 Å². The lowest BCUT2D eigenvalue weighted by atomic mass is 10.1. The highest BCUT2D eigenvalue weighted by molar-refractivity contribution is 5.73. The van der Waals surface area contributed by atoms with Crippen LogP contribution in [0.5, 0.6) is 0 Å². The fraction of sp³-hybridized carbons (Fsp3) is 0.500. The maximum atomic E-state index is 13.2. The van der Waals surface area contributed by atoms with Gasteiger partial charge >= 0.3 is 5.97 Å². The predicted octanol–water partition coefficient (Wildman–Crippen LogP) is 2.41. The Morgan fingerprint density at radius 3 is 2.69 bits per heavy atom. The number of aromatic nitrogens is 1. The number of hydrogen-bond acceptors (Lipinski definition) is 3. The van der Waals surface area contributed by atoms with E-state index in [4.69, 9.17) is 4.74 Å². The van der Waals surface area contributed by atoms with Crippen molar-refractivity contribution < 1.29 is 13.9 Å². The molecule has 0 aliphatic rings. The molecule has 0 aliphatic carbocycles. The zero-order valence-corrected chi connectivity index (χ0v) is 10.0. The molecule has 0 spiro atoms. The second kappa shape index (κ2) is 4.60. The largest absolute Gasteiger partial charge is 0.460 e. The monoisotopic (exact) mass is 225 g/mol. The molecule has 0 aromatic carbocycles. The van der Waals surface area contributed by atoms with Gasteiger partial charge in [0.2, 0.25) is 5.95 Å². The van der Waals surface area contributed by atoms with Crippen LogP contribution < -0.4 is 0 Å². The van der Waals surface area contributed by atoms with Crippen molar-refractivity contribution in [1.82, 2.24) is 4.98 Å². The maximum Gasteiger partial charge on any atom is 0.310 e. The van der Waals surface area contributed by atoms with E-state index >= 15 is 0 Å². The van der Waals surface area contributed by atoms with E-state index in [-0.39, 0.29) is 12.0 Å². The molecule has 1 aromatic heterocycles. The average Bonchev–Trinajstić information content (AvgIpc) is 2.08.